The van der Waals surface area contributed by atoms with Crippen LogP contribution in [0.25, 0.3) is 0 Å². The lowest BCUT2D eigenvalue weighted by atomic mass is 9.95. The smallest absolute Gasteiger partial charge is 0.339 e. The fourth-order valence-electron chi connectivity index (χ4n) is 1.70. The van der Waals surface area contributed by atoms with Crippen molar-refractivity contribution in [1.29, 1.82) is 0 Å². The third-order valence-corrected chi connectivity index (χ3v) is 2.99. The van der Waals surface area contributed by atoms with Crippen molar-refractivity contribution in [2.24, 2.45) is 0 Å². The van der Waals surface area contributed by atoms with E-state index in [0.29, 0.717) is 5.57 Å². The van der Waals surface area contributed by atoms with Crippen LogP contribution in [0.5, 0.6) is 0 Å². The Morgan fingerprint density at radius 2 is 1.70 bits per heavy atom. The van der Waals surface area contributed by atoms with E-state index >= 15 is 0 Å². The Labute approximate surface area is 120 Å². The van der Waals surface area contributed by atoms with E-state index in [1.54, 1.807) is 64.9 Å². The van der Waals surface area contributed by atoms with Gasteiger partial charge < -0.3 is 14.4 Å². The Morgan fingerprint density at radius 3 is 2.15 bits per heavy atom. The Morgan fingerprint density at radius 1 is 1.15 bits per heavy atom. The highest BCUT2D eigenvalue weighted by Gasteiger charge is 2.38. The first-order chi connectivity index (χ1) is 9.16. The zero-order valence-corrected chi connectivity index (χ0v) is 13.0. The van der Waals surface area contributed by atoms with Crippen LogP contribution in [0.2, 0.25) is 0 Å². The van der Waals surface area contributed by atoms with Crippen LogP contribution >= 0.6 is 0 Å². The van der Waals surface area contributed by atoms with E-state index in [0.717, 1.165) is 0 Å². The summed E-state index contributed by atoms with van der Waals surface area (Å²) in [5.74, 6) is -0.749. The van der Waals surface area contributed by atoms with E-state index in [9.17, 15) is 9.59 Å². The highest BCUT2D eigenvalue weighted by atomic mass is 16.5. The summed E-state index contributed by atoms with van der Waals surface area (Å²) in [6.45, 7) is 8.93. The third-order valence-electron chi connectivity index (χ3n) is 2.99. The van der Waals surface area contributed by atoms with Crippen molar-refractivity contribution < 1.29 is 19.1 Å². The van der Waals surface area contributed by atoms with Crippen LogP contribution in [0.3, 0.4) is 0 Å². The zero-order chi connectivity index (χ0) is 15.5. The largest absolute Gasteiger partial charge is 0.461 e. The summed E-state index contributed by atoms with van der Waals surface area (Å²) < 4.78 is 10.4. The number of likely N-dealkylation sites (N-methyl/N-ethyl adjacent to an activating group) is 1. The average molecular weight is 281 g/mol. The Balaban J connectivity index is 2.86. The first-order valence-electron chi connectivity index (χ1n) is 6.73. The molecule has 0 radical (unpaired) electrons. The zero-order valence-electron chi connectivity index (χ0n) is 13.0. The van der Waals surface area contributed by atoms with Crippen molar-refractivity contribution in [3.63, 3.8) is 0 Å². The van der Waals surface area contributed by atoms with Gasteiger partial charge in [0.15, 0.2) is 5.54 Å². The highest BCUT2D eigenvalue weighted by Crippen LogP contribution is 2.25. The normalized spacial score (nSPS) is 22.0. The van der Waals surface area contributed by atoms with E-state index in [4.69, 9.17) is 9.47 Å². The second kappa shape index (κ2) is 6.11. The molecule has 1 rings (SSSR count). The van der Waals surface area contributed by atoms with Crippen molar-refractivity contribution in [2.45, 2.75) is 52.4 Å². The van der Waals surface area contributed by atoms with Gasteiger partial charge in [-0.25, -0.2) is 9.59 Å². The number of hydrogen-bond donors (Lipinski definition) is 0. The molecule has 0 saturated carbocycles. The molecule has 0 amide bonds. The van der Waals surface area contributed by atoms with Gasteiger partial charge in [-0.3, -0.25) is 0 Å². The van der Waals surface area contributed by atoms with Gasteiger partial charge in [0.25, 0.3) is 0 Å². The van der Waals surface area contributed by atoms with Gasteiger partial charge in [-0.05, 0) is 46.8 Å². The third kappa shape index (κ3) is 3.62. The van der Waals surface area contributed by atoms with Crippen LogP contribution in [0, 0.1) is 0 Å². The molecule has 5 nitrogen and oxygen atoms in total. The lowest BCUT2D eigenvalue weighted by Gasteiger charge is -2.36. The summed E-state index contributed by atoms with van der Waals surface area (Å²) in [6.07, 6.45) is 4.51. The van der Waals surface area contributed by atoms with Crippen molar-refractivity contribution in [3.05, 3.63) is 23.9 Å². The van der Waals surface area contributed by atoms with E-state index in [2.05, 4.69) is 0 Å². The Bertz CT molecular complexity index is 451. The van der Waals surface area contributed by atoms with Gasteiger partial charge in [0.2, 0.25) is 0 Å². The van der Waals surface area contributed by atoms with Crippen molar-refractivity contribution in [2.75, 3.05) is 7.05 Å². The van der Waals surface area contributed by atoms with Crippen LogP contribution < -0.4 is 0 Å². The highest BCUT2D eigenvalue weighted by molar-refractivity contribution is 5.93. The second-order valence-electron chi connectivity index (χ2n) is 5.58. The molecule has 1 heterocycles. The number of rotatable bonds is 4. The number of esters is 2. The molecule has 1 atom stereocenters. The Kier molecular flexibility index (Phi) is 4.98. The van der Waals surface area contributed by atoms with E-state index < -0.39 is 11.5 Å². The summed E-state index contributed by atoms with van der Waals surface area (Å²) >= 11 is 0. The first-order valence-corrected chi connectivity index (χ1v) is 6.73. The molecule has 0 aromatic rings. The SMILES string of the molecule is CC(C)OC(=O)C1=CN(C)[C@](C)(C(=O)OC(C)C)C=C1. The lowest BCUT2D eigenvalue weighted by Crippen LogP contribution is -2.49. The molecule has 0 N–H and O–H groups in total. The van der Waals surface area contributed by atoms with Gasteiger partial charge in [0, 0.05) is 13.2 Å². The van der Waals surface area contributed by atoms with E-state index in [1.165, 1.54) is 0 Å². The molecule has 0 saturated heterocycles. The topological polar surface area (TPSA) is 55.8 Å². The minimum atomic E-state index is -0.911. The average Bonchev–Trinajstić information content (AvgIpc) is 2.30. The predicted octanol–water partition coefficient (Wildman–Crippen LogP) is 2.03. The predicted molar refractivity (Wildman–Crippen MR) is 75.8 cm³/mol. The molecule has 1 aliphatic rings. The monoisotopic (exact) mass is 281 g/mol. The van der Waals surface area contributed by atoms with Gasteiger partial charge in [-0.2, -0.15) is 0 Å². The Hall–Kier alpha value is -1.78. The van der Waals surface area contributed by atoms with Crippen molar-refractivity contribution >= 4 is 11.9 Å². The van der Waals surface area contributed by atoms with Crippen LogP contribution in [0.15, 0.2) is 23.9 Å². The van der Waals surface area contributed by atoms with Gasteiger partial charge in [0.05, 0.1) is 17.8 Å². The maximum atomic E-state index is 12.1. The summed E-state index contributed by atoms with van der Waals surface area (Å²) in [6, 6.07) is 0. The molecule has 1 aliphatic heterocycles. The van der Waals surface area contributed by atoms with Crippen LogP contribution in [0.1, 0.15) is 34.6 Å². The minimum Gasteiger partial charge on any atom is -0.461 e. The maximum absolute atomic E-state index is 12.1. The number of carbonyl (C=O) groups excluding carboxylic acids is 2. The molecule has 0 aliphatic carbocycles. The van der Waals surface area contributed by atoms with Crippen LogP contribution in [-0.4, -0.2) is 41.6 Å². The number of ether oxygens (including phenoxy) is 2. The van der Waals surface area contributed by atoms with Gasteiger partial charge in [0.1, 0.15) is 0 Å². The molecule has 0 aromatic carbocycles. The molecule has 20 heavy (non-hydrogen) atoms. The molecule has 0 unspecified atom stereocenters. The molecular weight excluding hydrogens is 258 g/mol. The lowest BCUT2D eigenvalue weighted by molar-refractivity contribution is -0.156. The molecule has 0 fully saturated rings. The summed E-state index contributed by atoms with van der Waals surface area (Å²) in [5, 5.41) is 0. The molecule has 0 bridgehead atoms. The minimum absolute atomic E-state index is 0.179. The van der Waals surface area contributed by atoms with Gasteiger partial charge >= 0.3 is 11.9 Å². The van der Waals surface area contributed by atoms with Crippen LogP contribution in [-0.2, 0) is 19.1 Å². The van der Waals surface area contributed by atoms with Gasteiger partial charge in [-0.15, -0.1) is 0 Å². The quantitative estimate of drug-likeness (QED) is 0.738. The molecule has 0 aromatic heterocycles. The number of hydrogen-bond acceptors (Lipinski definition) is 5. The molecule has 5 heteroatoms. The first kappa shape index (κ1) is 16.3. The number of nitrogens with zero attached hydrogens (tertiary/aromatic N) is 1. The van der Waals surface area contributed by atoms with E-state index in [1.807, 2.05) is 0 Å². The second-order valence-corrected chi connectivity index (χ2v) is 5.58. The van der Waals surface area contributed by atoms with Crippen LogP contribution in [0.4, 0.5) is 0 Å². The molecule has 0 spiro atoms. The molecular formula is C15H23NO4. The van der Waals surface area contributed by atoms with Gasteiger partial charge in [-0.1, -0.05) is 0 Å². The maximum Gasteiger partial charge on any atom is 0.339 e. The summed E-state index contributed by atoms with van der Waals surface area (Å²) in [5.41, 5.74) is -0.498. The fraction of sp³-hybridized carbons (Fsp3) is 0.600. The van der Waals surface area contributed by atoms with Crippen molar-refractivity contribution in [3.8, 4) is 0 Å². The summed E-state index contributed by atoms with van der Waals surface area (Å²) in [7, 11) is 1.73. The number of carbonyl (C=O) groups is 2. The fourth-order valence-corrected chi connectivity index (χ4v) is 1.70. The van der Waals surface area contributed by atoms with E-state index in [-0.39, 0.29) is 18.2 Å². The van der Waals surface area contributed by atoms with Crippen molar-refractivity contribution in [1.82, 2.24) is 4.90 Å². The standard InChI is InChI=1S/C15H23NO4/c1-10(2)19-13(17)12-7-8-15(5,16(6)9-12)14(18)20-11(3)4/h7-11H,1-6H3/t15-/m0/s1. The summed E-state index contributed by atoms with van der Waals surface area (Å²) in [4.78, 5) is 25.6. The molecule has 112 valence electrons.